The highest BCUT2D eigenvalue weighted by Crippen LogP contribution is 2.38. The molecule has 2 aliphatic rings. The Kier molecular flexibility index (Phi) is 3.83. The van der Waals surface area contributed by atoms with E-state index in [1.54, 1.807) is 19.4 Å². The molecule has 7 heteroatoms. The lowest BCUT2D eigenvalue weighted by atomic mass is 10.3. The lowest BCUT2D eigenvalue weighted by Crippen LogP contribution is -2.29. The minimum atomic E-state index is -3.43. The van der Waals surface area contributed by atoms with Crippen LogP contribution in [-0.4, -0.2) is 43.6 Å². The Balaban J connectivity index is 1.87. The first kappa shape index (κ1) is 14.4. The molecule has 1 saturated heterocycles. The van der Waals surface area contributed by atoms with Gasteiger partial charge in [0.2, 0.25) is 10.0 Å². The first-order valence-corrected chi connectivity index (χ1v) is 8.83. The van der Waals surface area contributed by atoms with Crippen LogP contribution < -0.4 is 0 Å². The minimum absolute atomic E-state index is 0.00258. The molecular formula is C13H19ClN2O3S. The normalized spacial score (nSPS) is 24.4. The summed E-state index contributed by atoms with van der Waals surface area (Å²) in [4.78, 5) is 0.358. The summed E-state index contributed by atoms with van der Waals surface area (Å²) in [6, 6.07) is 2.14. The molecule has 1 aliphatic heterocycles. The van der Waals surface area contributed by atoms with E-state index in [1.807, 2.05) is 4.57 Å². The summed E-state index contributed by atoms with van der Waals surface area (Å²) in [5.74, 6) is 0.340. The third kappa shape index (κ3) is 2.50. The van der Waals surface area contributed by atoms with Gasteiger partial charge < -0.3 is 9.30 Å². The van der Waals surface area contributed by atoms with Crippen LogP contribution >= 0.6 is 11.6 Å². The molecular weight excluding hydrogens is 300 g/mol. The molecule has 1 unspecified atom stereocenters. The largest absolute Gasteiger partial charge is 0.380 e. The van der Waals surface area contributed by atoms with Gasteiger partial charge in [-0.25, -0.2) is 8.42 Å². The second kappa shape index (κ2) is 5.33. The number of alkyl halides is 1. The first-order chi connectivity index (χ1) is 9.56. The van der Waals surface area contributed by atoms with Crippen molar-refractivity contribution in [2.24, 2.45) is 0 Å². The lowest BCUT2D eigenvalue weighted by molar-refractivity contribution is 0.115. The highest BCUT2D eigenvalue weighted by molar-refractivity contribution is 7.89. The predicted molar refractivity (Wildman–Crippen MR) is 76.4 cm³/mol. The van der Waals surface area contributed by atoms with Crippen LogP contribution in [0.2, 0.25) is 0 Å². The molecule has 5 nitrogen and oxygen atoms in total. The highest BCUT2D eigenvalue weighted by Gasteiger charge is 2.35. The van der Waals surface area contributed by atoms with E-state index in [2.05, 4.69) is 0 Å². The van der Waals surface area contributed by atoms with Crippen molar-refractivity contribution in [1.29, 1.82) is 0 Å². The van der Waals surface area contributed by atoms with Crippen LogP contribution in [-0.2, 0) is 20.6 Å². The maximum Gasteiger partial charge on any atom is 0.244 e. The topological polar surface area (TPSA) is 51.5 Å². The van der Waals surface area contributed by atoms with E-state index in [-0.39, 0.29) is 6.10 Å². The van der Waals surface area contributed by atoms with Gasteiger partial charge in [0.05, 0.1) is 12.0 Å². The van der Waals surface area contributed by atoms with Gasteiger partial charge in [-0.2, -0.15) is 4.31 Å². The minimum Gasteiger partial charge on any atom is -0.380 e. The quantitative estimate of drug-likeness (QED) is 0.780. The molecule has 0 radical (unpaired) electrons. The fraction of sp³-hybridized carbons (Fsp3) is 0.692. The predicted octanol–water partition coefficient (Wildman–Crippen LogP) is 1.97. The van der Waals surface area contributed by atoms with Crippen molar-refractivity contribution in [2.45, 2.75) is 42.2 Å². The molecule has 0 N–H and O–H groups in total. The van der Waals surface area contributed by atoms with Crippen molar-refractivity contribution in [3.8, 4) is 0 Å². The Hall–Kier alpha value is -0.560. The monoisotopic (exact) mass is 318 g/mol. The summed E-state index contributed by atoms with van der Waals surface area (Å²) in [5.41, 5.74) is 0.884. The molecule has 1 aromatic heterocycles. The van der Waals surface area contributed by atoms with Crippen LogP contribution in [0.15, 0.2) is 17.2 Å². The van der Waals surface area contributed by atoms with Gasteiger partial charge in [-0.05, 0) is 25.3 Å². The van der Waals surface area contributed by atoms with E-state index in [0.29, 0.717) is 29.9 Å². The smallest absolute Gasteiger partial charge is 0.244 e. The van der Waals surface area contributed by atoms with Crippen LogP contribution in [0.3, 0.4) is 0 Å². The number of sulfonamides is 1. The van der Waals surface area contributed by atoms with E-state index in [9.17, 15) is 8.42 Å². The van der Waals surface area contributed by atoms with Crippen LogP contribution in [0, 0.1) is 0 Å². The summed E-state index contributed by atoms with van der Waals surface area (Å²) in [6.45, 7) is 0.954. The van der Waals surface area contributed by atoms with Gasteiger partial charge in [-0.15, -0.1) is 11.6 Å². The molecule has 1 atom stereocenters. The second-order valence-electron chi connectivity index (χ2n) is 5.45. The molecule has 1 aliphatic carbocycles. The van der Waals surface area contributed by atoms with Crippen molar-refractivity contribution in [3.63, 3.8) is 0 Å². The van der Waals surface area contributed by atoms with E-state index in [1.165, 1.54) is 4.31 Å². The maximum absolute atomic E-state index is 12.6. The molecule has 3 rings (SSSR count). The van der Waals surface area contributed by atoms with Crippen LogP contribution in [0.5, 0.6) is 0 Å². The molecule has 0 bridgehead atoms. The number of methoxy groups -OCH3 is 1. The summed E-state index contributed by atoms with van der Waals surface area (Å²) < 4.78 is 34.0. The van der Waals surface area contributed by atoms with Gasteiger partial charge in [-0.1, -0.05) is 0 Å². The second-order valence-corrected chi connectivity index (χ2v) is 7.65. The van der Waals surface area contributed by atoms with Gasteiger partial charge >= 0.3 is 0 Å². The van der Waals surface area contributed by atoms with Gasteiger partial charge in [0, 0.05) is 38.1 Å². The van der Waals surface area contributed by atoms with E-state index in [0.717, 1.165) is 25.0 Å². The van der Waals surface area contributed by atoms with Crippen LogP contribution in [0.25, 0.3) is 0 Å². The van der Waals surface area contributed by atoms with Crippen molar-refractivity contribution in [2.75, 3.05) is 20.2 Å². The number of aromatic nitrogens is 1. The summed E-state index contributed by atoms with van der Waals surface area (Å²) >= 11 is 5.92. The number of ether oxygens (including phenoxy) is 1. The lowest BCUT2D eigenvalue weighted by Gasteiger charge is -2.15. The number of rotatable bonds is 5. The molecule has 0 amide bonds. The summed E-state index contributed by atoms with van der Waals surface area (Å²) in [6.07, 6.45) is 4.70. The number of hydrogen-bond acceptors (Lipinski definition) is 3. The summed E-state index contributed by atoms with van der Waals surface area (Å²) in [7, 11) is -1.80. The third-order valence-corrected chi connectivity index (χ3v) is 6.17. The summed E-state index contributed by atoms with van der Waals surface area (Å²) in [5, 5.41) is 0. The Bertz CT molecular complexity index is 595. The third-order valence-electron chi connectivity index (χ3n) is 4.06. The van der Waals surface area contributed by atoms with Crippen molar-refractivity contribution in [3.05, 3.63) is 18.0 Å². The highest BCUT2D eigenvalue weighted by atomic mass is 35.5. The Morgan fingerprint density at radius 2 is 2.15 bits per heavy atom. The SMILES string of the molecule is COC1CCN(S(=O)(=O)c2cc(CCl)n(C3CC3)c2)C1. The van der Waals surface area contributed by atoms with Gasteiger partial charge in [0.25, 0.3) is 0 Å². The molecule has 20 heavy (non-hydrogen) atoms. The van der Waals surface area contributed by atoms with Gasteiger partial charge in [0.1, 0.15) is 4.90 Å². The molecule has 1 saturated carbocycles. The number of halogens is 1. The Morgan fingerprint density at radius 3 is 2.70 bits per heavy atom. The van der Waals surface area contributed by atoms with Crippen molar-refractivity contribution >= 4 is 21.6 Å². The zero-order valence-electron chi connectivity index (χ0n) is 11.5. The standard InChI is InChI=1S/C13H19ClN2O3S/c1-19-12-4-5-15(8-12)20(17,18)13-6-11(7-14)16(9-13)10-2-3-10/h6,9-10,12H,2-5,7-8H2,1H3. The maximum atomic E-state index is 12.6. The van der Waals surface area contributed by atoms with Crippen LogP contribution in [0.1, 0.15) is 31.0 Å². The Labute approximate surface area is 124 Å². The fourth-order valence-electron chi connectivity index (χ4n) is 2.69. The molecule has 0 aromatic carbocycles. The van der Waals surface area contributed by atoms with E-state index < -0.39 is 10.0 Å². The number of hydrogen-bond donors (Lipinski definition) is 0. The van der Waals surface area contributed by atoms with Crippen molar-refractivity contribution in [1.82, 2.24) is 8.87 Å². The first-order valence-electron chi connectivity index (χ1n) is 6.86. The fourth-order valence-corrected chi connectivity index (χ4v) is 4.45. The van der Waals surface area contributed by atoms with Crippen molar-refractivity contribution < 1.29 is 13.2 Å². The number of nitrogens with zero attached hydrogens (tertiary/aromatic N) is 2. The van der Waals surface area contributed by atoms with Gasteiger partial charge in [-0.3, -0.25) is 0 Å². The average molecular weight is 319 g/mol. The molecule has 0 spiro atoms. The van der Waals surface area contributed by atoms with E-state index in [4.69, 9.17) is 16.3 Å². The molecule has 112 valence electrons. The molecule has 1 aromatic rings. The zero-order valence-corrected chi connectivity index (χ0v) is 13.0. The molecule has 2 fully saturated rings. The zero-order chi connectivity index (χ0) is 14.3. The molecule has 2 heterocycles. The van der Waals surface area contributed by atoms with Crippen LogP contribution in [0.4, 0.5) is 0 Å². The van der Waals surface area contributed by atoms with E-state index >= 15 is 0 Å². The van der Waals surface area contributed by atoms with Gasteiger partial charge in [0.15, 0.2) is 0 Å². The average Bonchev–Trinajstić information content (AvgIpc) is 3.01. The Morgan fingerprint density at radius 1 is 1.40 bits per heavy atom.